The summed E-state index contributed by atoms with van der Waals surface area (Å²) in [6, 6.07) is 6.60. The van der Waals surface area contributed by atoms with Gasteiger partial charge in [-0.15, -0.1) is 11.6 Å². The Morgan fingerprint density at radius 1 is 1.47 bits per heavy atom. The fourth-order valence-electron chi connectivity index (χ4n) is 1.18. The van der Waals surface area contributed by atoms with Crippen LogP contribution < -0.4 is 4.72 Å². The Hall–Kier alpha value is -0.140. The SMILES string of the molecule is COCC(Cl)CNS(=O)(=O)c1ccccc1Br. The first-order valence-electron chi connectivity index (χ1n) is 4.84. The molecule has 0 bridgehead atoms. The van der Waals surface area contributed by atoms with Crippen LogP contribution in [0.3, 0.4) is 0 Å². The molecule has 0 aromatic heterocycles. The Bertz CT molecular complexity index is 466. The second-order valence-electron chi connectivity index (χ2n) is 3.33. The first-order valence-corrected chi connectivity index (χ1v) is 7.56. The predicted octanol–water partition coefficient (Wildman–Crippen LogP) is 1.98. The van der Waals surface area contributed by atoms with E-state index in [-0.39, 0.29) is 11.4 Å². The number of sulfonamides is 1. The first kappa shape index (κ1) is 14.9. The number of halogens is 2. The van der Waals surface area contributed by atoms with Crippen molar-refractivity contribution in [2.75, 3.05) is 20.3 Å². The van der Waals surface area contributed by atoms with Crippen LogP contribution in [0.5, 0.6) is 0 Å². The topological polar surface area (TPSA) is 55.4 Å². The molecular formula is C10H13BrClNO3S. The van der Waals surface area contributed by atoms with Gasteiger partial charge in [-0.05, 0) is 28.1 Å². The molecule has 0 saturated heterocycles. The Kier molecular flexibility index (Phi) is 5.88. The van der Waals surface area contributed by atoms with E-state index in [9.17, 15) is 8.42 Å². The Morgan fingerprint density at radius 3 is 2.71 bits per heavy atom. The third-order valence-corrected chi connectivity index (χ3v) is 4.68. The molecule has 1 aromatic carbocycles. The molecule has 0 spiro atoms. The normalized spacial score (nSPS) is 13.6. The molecule has 17 heavy (non-hydrogen) atoms. The predicted molar refractivity (Wildman–Crippen MR) is 70.8 cm³/mol. The minimum Gasteiger partial charge on any atom is -0.383 e. The van der Waals surface area contributed by atoms with Gasteiger partial charge in [-0.1, -0.05) is 12.1 Å². The Labute approximate surface area is 114 Å². The lowest BCUT2D eigenvalue weighted by Gasteiger charge is -2.11. The van der Waals surface area contributed by atoms with Crippen LogP contribution in [-0.4, -0.2) is 34.1 Å². The van der Waals surface area contributed by atoms with E-state index in [1.807, 2.05) is 0 Å². The van der Waals surface area contributed by atoms with Crippen LogP contribution in [0, 0.1) is 0 Å². The molecule has 4 nitrogen and oxygen atoms in total. The second-order valence-corrected chi connectivity index (χ2v) is 6.54. The standard InChI is InChI=1S/C10H13BrClNO3S/c1-16-7-8(12)6-13-17(14,15)10-5-3-2-4-9(10)11/h2-5,8,13H,6-7H2,1H3. The third kappa shape index (κ3) is 4.56. The molecule has 0 radical (unpaired) electrons. The highest BCUT2D eigenvalue weighted by Crippen LogP contribution is 2.20. The lowest BCUT2D eigenvalue weighted by atomic mass is 10.4. The van der Waals surface area contributed by atoms with Gasteiger partial charge in [0.1, 0.15) is 0 Å². The minimum absolute atomic E-state index is 0.124. The third-order valence-electron chi connectivity index (χ3n) is 1.97. The zero-order chi connectivity index (χ0) is 12.9. The molecular weight excluding hydrogens is 330 g/mol. The fraction of sp³-hybridized carbons (Fsp3) is 0.400. The van der Waals surface area contributed by atoms with Gasteiger partial charge in [-0.25, -0.2) is 13.1 Å². The van der Waals surface area contributed by atoms with E-state index < -0.39 is 15.4 Å². The zero-order valence-electron chi connectivity index (χ0n) is 9.19. The van der Waals surface area contributed by atoms with Crippen LogP contribution in [-0.2, 0) is 14.8 Å². The number of hydrogen-bond donors (Lipinski definition) is 1. The molecule has 1 N–H and O–H groups in total. The van der Waals surface area contributed by atoms with Crippen LogP contribution in [0.25, 0.3) is 0 Å². The van der Waals surface area contributed by atoms with Gasteiger partial charge in [-0.2, -0.15) is 0 Å². The molecule has 1 aromatic rings. The second kappa shape index (κ2) is 6.70. The van der Waals surface area contributed by atoms with E-state index in [1.165, 1.54) is 13.2 Å². The van der Waals surface area contributed by atoms with E-state index in [4.69, 9.17) is 16.3 Å². The van der Waals surface area contributed by atoms with Crippen molar-refractivity contribution in [2.45, 2.75) is 10.3 Å². The zero-order valence-corrected chi connectivity index (χ0v) is 12.3. The summed E-state index contributed by atoms with van der Waals surface area (Å²) >= 11 is 9.04. The number of nitrogens with one attached hydrogen (secondary N) is 1. The minimum atomic E-state index is -3.54. The average molecular weight is 343 g/mol. The number of hydrogen-bond acceptors (Lipinski definition) is 3. The lowest BCUT2D eigenvalue weighted by molar-refractivity contribution is 0.198. The molecule has 1 rings (SSSR count). The molecule has 0 aliphatic carbocycles. The number of rotatable bonds is 6. The van der Waals surface area contributed by atoms with Gasteiger partial charge < -0.3 is 4.74 Å². The van der Waals surface area contributed by atoms with Crippen molar-refractivity contribution in [2.24, 2.45) is 0 Å². The summed E-state index contributed by atoms with van der Waals surface area (Å²) in [4.78, 5) is 0.196. The molecule has 0 heterocycles. The average Bonchev–Trinajstić information content (AvgIpc) is 2.27. The first-order chi connectivity index (χ1) is 7.97. The largest absolute Gasteiger partial charge is 0.383 e. The number of ether oxygens (including phenoxy) is 1. The highest BCUT2D eigenvalue weighted by molar-refractivity contribution is 9.10. The molecule has 0 amide bonds. The van der Waals surface area contributed by atoms with Gasteiger partial charge >= 0.3 is 0 Å². The van der Waals surface area contributed by atoms with Crippen molar-refractivity contribution in [1.29, 1.82) is 0 Å². The number of benzene rings is 1. The quantitative estimate of drug-likeness (QED) is 0.804. The van der Waals surface area contributed by atoms with Gasteiger partial charge in [0.15, 0.2) is 0 Å². The molecule has 1 unspecified atom stereocenters. The summed E-state index contributed by atoms with van der Waals surface area (Å²) in [7, 11) is -2.03. The van der Waals surface area contributed by atoms with E-state index >= 15 is 0 Å². The Balaban J connectivity index is 2.73. The summed E-state index contributed by atoms with van der Waals surface area (Å²) in [5.74, 6) is 0. The van der Waals surface area contributed by atoms with Crippen LogP contribution in [0.2, 0.25) is 0 Å². The maximum absolute atomic E-state index is 11.9. The van der Waals surface area contributed by atoms with Crippen molar-refractivity contribution in [3.8, 4) is 0 Å². The fourth-order valence-corrected chi connectivity index (χ4v) is 3.56. The summed E-state index contributed by atoms with van der Waals surface area (Å²) in [6.07, 6.45) is 0. The molecule has 0 aliphatic heterocycles. The van der Waals surface area contributed by atoms with E-state index in [2.05, 4.69) is 20.7 Å². The molecule has 7 heteroatoms. The summed E-state index contributed by atoms with van der Waals surface area (Å²) in [5, 5.41) is -0.391. The van der Waals surface area contributed by atoms with Gasteiger partial charge in [-0.3, -0.25) is 0 Å². The van der Waals surface area contributed by atoms with Gasteiger partial charge in [0.05, 0.1) is 16.9 Å². The van der Waals surface area contributed by atoms with Crippen LogP contribution >= 0.6 is 27.5 Å². The molecule has 0 fully saturated rings. The van der Waals surface area contributed by atoms with Crippen LogP contribution in [0.4, 0.5) is 0 Å². The van der Waals surface area contributed by atoms with Crippen molar-refractivity contribution in [3.05, 3.63) is 28.7 Å². The van der Waals surface area contributed by atoms with Gasteiger partial charge in [0.2, 0.25) is 10.0 Å². The van der Waals surface area contributed by atoms with Crippen molar-refractivity contribution in [1.82, 2.24) is 4.72 Å². The summed E-state index contributed by atoms with van der Waals surface area (Å²) < 4.78 is 31.6. The van der Waals surface area contributed by atoms with Crippen molar-refractivity contribution >= 4 is 37.6 Å². The molecule has 0 saturated carbocycles. The van der Waals surface area contributed by atoms with Gasteiger partial charge in [0, 0.05) is 18.1 Å². The maximum atomic E-state index is 11.9. The molecule has 1 atom stereocenters. The monoisotopic (exact) mass is 341 g/mol. The summed E-state index contributed by atoms with van der Waals surface area (Å²) in [6.45, 7) is 0.416. The van der Waals surface area contributed by atoms with E-state index in [1.54, 1.807) is 18.2 Å². The lowest BCUT2D eigenvalue weighted by Crippen LogP contribution is -2.31. The maximum Gasteiger partial charge on any atom is 0.241 e. The van der Waals surface area contributed by atoms with Gasteiger partial charge in [0.25, 0.3) is 0 Å². The number of methoxy groups -OCH3 is 1. The highest BCUT2D eigenvalue weighted by Gasteiger charge is 2.18. The van der Waals surface area contributed by atoms with Crippen LogP contribution in [0.1, 0.15) is 0 Å². The summed E-state index contributed by atoms with van der Waals surface area (Å²) in [5.41, 5.74) is 0. The van der Waals surface area contributed by atoms with E-state index in [0.717, 1.165) is 0 Å². The number of alkyl halides is 1. The Morgan fingerprint density at radius 2 is 2.12 bits per heavy atom. The highest BCUT2D eigenvalue weighted by atomic mass is 79.9. The molecule has 0 aliphatic rings. The van der Waals surface area contributed by atoms with Crippen LogP contribution in [0.15, 0.2) is 33.6 Å². The van der Waals surface area contributed by atoms with Crippen molar-refractivity contribution < 1.29 is 13.2 Å². The smallest absolute Gasteiger partial charge is 0.241 e. The van der Waals surface area contributed by atoms with Crippen molar-refractivity contribution in [3.63, 3.8) is 0 Å². The van der Waals surface area contributed by atoms with E-state index in [0.29, 0.717) is 11.1 Å². The molecule has 96 valence electrons.